The number of hydrogen-bond acceptors (Lipinski definition) is 4. The Hall–Kier alpha value is -2.66. The van der Waals surface area contributed by atoms with Crippen LogP contribution in [-0.2, 0) is 0 Å². The molecule has 1 amide bonds. The number of carbonyl (C=O) groups excluding carboxylic acids is 2. The Morgan fingerprint density at radius 3 is 2.33 bits per heavy atom. The predicted molar refractivity (Wildman–Crippen MR) is 105 cm³/mol. The third-order valence-corrected chi connectivity index (χ3v) is 4.95. The van der Waals surface area contributed by atoms with Crippen molar-refractivity contribution in [3.8, 4) is 5.75 Å². The van der Waals surface area contributed by atoms with Crippen LogP contribution >= 0.6 is 0 Å². The average Bonchev–Trinajstić information content (AvgIpc) is 2.74. The maximum atomic E-state index is 12.6. The number of rotatable bonds is 7. The highest BCUT2D eigenvalue weighted by molar-refractivity contribution is 5.96. The van der Waals surface area contributed by atoms with Gasteiger partial charge in [-0.15, -0.1) is 0 Å². The molecule has 0 aliphatic carbocycles. The van der Waals surface area contributed by atoms with E-state index in [1.54, 1.807) is 13.2 Å². The van der Waals surface area contributed by atoms with Gasteiger partial charge >= 0.3 is 0 Å². The van der Waals surface area contributed by atoms with E-state index in [-0.39, 0.29) is 11.7 Å². The van der Waals surface area contributed by atoms with Gasteiger partial charge in [0.05, 0.1) is 7.11 Å². The van der Waals surface area contributed by atoms with Crippen LogP contribution in [0.4, 0.5) is 0 Å². The molecule has 5 heteroatoms. The molecule has 5 nitrogen and oxygen atoms in total. The van der Waals surface area contributed by atoms with Crippen LogP contribution in [0.1, 0.15) is 33.6 Å². The first-order chi connectivity index (χ1) is 13.2. The number of ether oxygens (including phenoxy) is 1. The normalized spacial score (nSPS) is 14.8. The number of piperazine rings is 1. The topological polar surface area (TPSA) is 49.9 Å². The van der Waals surface area contributed by atoms with Gasteiger partial charge in [0.25, 0.3) is 5.91 Å². The van der Waals surface area contributed by atoms with Gasteiger partial charge in [-0.2, -0.15) is 0 Å². The van der Waals surface area contributed by atoms with Crippen LogP contribution in [0.5, 0.6) is 5.75 Å². The number of amides is 1. The zero-order valence-electron chi connectivity index (χ0n) is 15.8. The summed E-state index contributed by atoms with van der Waals surface area (Å²) >= 11 is 0. The lowest BCUT2D eigenvalue weighted by Gasteiger charge is -2.34. The molecule has 0 radical (unpaired) electrons. The van der Waals surface area contributed by atoms with Gasteiger partial charge in [-0.1, -0.05) is 36.4 Å². The Balaban J connectivity index is 1.42. The molecule has 1 heterocycles. The zero-order chi connectivity index (χ0) is 19.1. The van der Waals surface area contributed by atoms with Gasteiger partial charge < -0.3 is 9.64 Å². The Morgan fingerprint density at radius 1 is 0.926 bits per heavy atom. The second-order valence-electron chi connectivity index (χ2n) is 6.76. The van der Waals surface area contributed by atoms with E-state index in [1.807, 2.05) is 53.4 Å². The van der Waals surface area contributed by atoms with Crippen molar-refractivity contribution in [2.24, 2.45) is 0 Å². The molecule has 1 fully saturated rings. The summed E-state index contributed by atoms with van der Waals surface area (Å²) in [6.07, 6.45) is 1.41. The number of carbonyl (C=O) groups is 2. The van der Waals surface area contributed by atoms with E-state index in [4.69, 9.17) is 4.74 Å². The van der Waals surface area contributed by atoms with E-state index in [1.165, 1.54) is 0 Å². The second kappa shape index (κ2) is 9.33. The molecule has 0 unspecified atom stereocenters. The molecule has 0 saturated carbocycles. The summed E-state index contributed by atoms with van der Waals surface area (Å²) in [5.41, 5.74) is 1.45. The quantitative estimate of drug-likeness (QED) is 0.707. The third-order valence-electron chi connectivity index (χ3n) is 4.95. The van der Waals surface area contributed by atoms with Gasteiger partial charge in [0, 0.05) is 43.7 Å². The van der Waals surface area contributed by atoms with Crippen LogP contribution in [0, 0.1) is 0 Å². The third kappa shape index (κ3) is 5.17. The Labute approximate surface area is 160 Å². The number of Topliss-reactive ketones (excluding diaryl/α,β-unsaturated/α-hetero) is 1. The first-order valence-electron chi connectivity index (χ1n) is 9.41. The summed E-state index contributed by atoms with van der Waals surface area (Å²) in [5, 5.41) is 0. The smallest absolute Gasteiger partial charge is 0.254 e. The highest BCUT2D eigenvalue weighted by Gasteiger charge is 2.22. The van der Waals surface area contributed by atoms with Crippen molar-refractivity contribution in [1.82, 2.24) is 9.80 Å². The Bertz CT molecular complexity index is 768. The van der Waals surface area contributed by atoms with E-state index in [2.05, 4.69) is 4.90 Å². The fourth-order valence-electron chi connectivity index (χ4n) is 3.34. The minimum atomic E-state index is 0.0489. The molecular weight excluding hydrogens is 340 g/mol. The van der Waals surface area contributed by atoms with Crippen LogP contribution in [-0.4, -0.2) is 61.3 Å². The Kier molecular flexibility index (Phi) is 6.60. The molecule has 2 aromatic carbocycles. The number of hydrogen-bond donors (Lipinski definition) is 0. The maximum absolute atomic E-state index is 12.6. The molecule has 0 bridgehead atoms. The molecule has 142 valence electrons. The lowest BCUT2D eigenvalue weighted by Crippen LogP contribution is -2.48. The molecule has 1 aliphatic rings. The zero-order valence-corrected chi connectivity index (χ0v) is 15.8. The van der Waals surface area contributed by atoms with E-state index in [0.29, 0.717) is 30.8 Å². The second-order valence-corrected chi connectivity index (χ2v) is 6.76. The molecule has 0 atom stereocenters. The molecule has 1 aliphatic heterocycles. The standard InChI is InChI=1S/C22H26N2O3/c1-27-20-10-5-9-19(17-20)22(26)24-15-13-23(14-16-24)12-6-11-21(25)18-7-3-2-4-8-18/h2-5,7-10,17H,6,11-16H2,1H3. The van der Waals surface area contributed by atoms with Gasteiger partial charge in [0.2, 0.25) is 0 Å². The van der Waals surface area contributed by atoms with Crippen LogP contribution in [0.25, 0.3) is 0 Å². The number of methoxy groups -OCH3 is 1. The van der Waals surface area contributed by atoms with Crippen molar-refractivity contribution in [3.63, 3.8) is 0 Å². The van der Waals surface area contributed by atoms with Gasteiger partial charge in [0.1, 0.15) is 5.75 Å². The molecule has 1 saturated heterocycles. The predicted octanol–water partition coefficient (Wildman–Crippen LogP) is 3.12. The summed E-state index contributed by atoms with van der Waals surface area (Å²) in [5.74, 6) is 0.942. The van der Waals surface area contributed by atoms with E-state index in [9.17, 15) is 9.59 Å². The number of benzene rings is 2. The van der Waals surface area contributed by atoms with Gasteiger partial charge in [-0.25, -0.2) is 0 Å². The molecular formula is C22H26N2O3. The summed E-state index contributed by atoms with van der Waals surface area (Å²) in [6, 6.07) is 16.7. The summed E-state index contributed by atoms with van der Waals surface area (Å²) in [7, 11) is 1.60. The fraction of sp³-hybridized carbons (Fsp3) is 0.364. The van der Waals surface area contributed by atoms with Crippen molar-refractivity contribution in [2.75, 3.05) is 39.8 Å². The molecule has 27 heavy (non-hydrogen) atoms. The van der Waals surface area contributed by atoms with Crippen LogP contribution in [0.15, 0.2) is 54.6 Å². The summed E-state index contributed by atoms with van der Waals surface area (Å²) < 4.78 is 5.20. The van der Waals surface area contributed by atoms with Gasteiger partial charge in [-0.05, 0) is 31.2 Å². The van der Waals surface area contributed by atoms with Crippen molar-refractivity contribution >= 4 is 11.7 Å². The Morgan fingerprint density at radius 2 is 1.63 bits per heavy atom. The maximum Gasteiger partial charge on any atom is 0.254 e. The highest BCUT2D eigenvalue weighted by Crippen LogP contribution is 2.16. The van der Waals surface area contributed by atoms with Gasteiger partial charge in [0.15, 0.2) is 5.78 Å². The molecule has 0 spiro atoms. The van der Waals surface area contributed by atoms with Crippen molar-refractivity contribution in [2.45, 2.75) is 12.8 Å². The SMILES string of the molecule is COc1cccc(C(=O)N2CCN(CCCC(=O)c3ccccc3)CC2)c1. The lowest BCUT2D eigenvalue weighted by molar-refractivity contribution is 0.0635. The average molecular weight is 366 g/mol. The summed E-state index contributed by atoms with van der Waals surface area (Å²) in [4.78, 5) is 29.0. The van der Waals surface area contributed by atoms with Gasteiger partial charge in [-0.3, -0.25) is 14.5 Å². The minimum Gasteiger partial charge on any atom is -0.497 e. The first kappa shape index (κ1) is 19.1. The molecule has 0 N–H and O–H groups in total. The molecule has 2 aromatic rings. The van der Waals surface area contributed by atoms with Crippen molar-refractivity contribution in [1.29, 1.82) is 0 Å². The van der Waals surface area contributed by atoms with E-state index in [0.717, 1.165) is 31.6 Å². The van der Waals surface area contributed by atoms with Crippen molar-refractivity contribution < 1.29 is 14.3 Å². The fourth-order valence-corrected chi connectivity index (χ4v) is 3.34. The lowest BCUT2D eigenvalue weighted by atomic mass is 10.1. The van der Waals surface area contributed by atoms with Crippen molar-refractivity contribution in [3.05, 3.63) is 65.7 Å². The van der Waals surface area contributed by atoms with Crippen LogP contribution in [0.3, 0.4) is 0 Å². The minimum absolute atomic E-state index is 0.0489. The monoisotopic (exact) mass is 366 g/mol. The van der Waals surface area contributed by atoms with E-state index >= 15 is 0 Å². The first-order valence-corrected chi connectivity index (χ1v) is 9.41. The largest absolute Gasteiger partial charge is 0.497 e. The summed E-state index contributed by atoms with van der Waals surface area (Å²) in [6.45, 7) is 4.00. The van der Waals surface area contributed by atoms with Crippen LogP contribution in [0.2, 0.25) is 0 Å². The number of nitrogens with zero attached hydrogens (tertiary/aromatic N) is 2. The number of ketones is 1. The van der Waals surface area contributed by atoms with E-state index < -0.39 is 0 Å². The molecule has 0 aromatic heterocycles. The van der Waals surface area contributed by atoms with Crippen LogP contribution < -0.4 is 4.74 Å². The highest BCUT2D eigenvalue weighted by atomic mass is 16.5. The molecule has 3 rings (SSSR count).